The van der Waals surface area contributed by atoms with Crippen LogP contribution in [0.1, 0.15) is 11.3 Å². The van der Waals surface area contributed by atoms with E-state index in [4.69, 9.17) is 15.6 Å². The lowest BCUT2D eigenvalue weighted by Gasteiger charge is -2.30. The number of morpholine rings is 1. The van der Waals surface area contributed by atoms with Gasteiger partial charge in [-0.1, -0.05) is 36.4 Å². The van der Waals surface area contributed by atoms with Crippen molar-refractivity contribution in [2.24, 2.45) is 0 Å². The Labute approximate surface area is 157 Å². The van der Waals surface area contributed by atoms with Gasteiger partial charge in [0.15, 0.2) is 0 Å². The molecule has 4 aromatic rings. The van der Waals surface area contributed by atoms with Crippen LogP contribution in [0.4, 0.5) is 11.6 Å². The predicted octanol–water partition coefficient (Wildman–Crippen LogP) is 2.89. The third-order valence-corrected chi connectivity index (χ3v) is 5.11. The van der Waals surface area contributed by atoms with E-state index in [0.29, 0.717) is 5.95 Å². The fourth-order valence-corrected chi connectivity index (χ4v) is 3.81. The Kier molecular flexibility index (Phi) is 3.90. The molecule has 3 heterocycles. The van der Waals surface area contributed by atoms with E-state index < -0.39 is 0 Å². The minimum Gasteiger partial charge on any atom is -0.378 e. The Morgan fingerprint density at radius 2 is 1.78 bits per heavy atom. The van der Waals surface area contributed by atoms with Gasteiger partial charge >= 0.3 is 0 Å². The number of nitrogens with two attached hydrogens (primary N) is 1. The lowest BCUT2D eigenvalue weighted by molar-refractivity contribution is 0.122. The second-order valence-electron chi connectivity index (χ2n) is 6.82. The van der Waals surface area contributed by atoms with Crippen LogP contribution >= 0.6 is 0 Å². The second-order valence-corrected chi connectivity index (χ2v) is 6.82. The Bertz CT molecular complexity index is 1110. The Balaban J connectivity index is 1.56. The summed E-state index contributed by atoms with van der Waals surface area (Å²) in [6, 6.07) is 18.7. The van der Waals surface area contributed by atoms with Crippen LogP contribution in [0.3, 0.4) is 0 Å². The highest BCUT2D eigenvalue weighted by atomic mass is 16.5. The van der Waals surface area contributed by atoms with Crippen molar-refractivity contribution < 1.29 is 4.74 Å². The van der Waals surface area contributed by atoms with Gasteiger partial charge in [0.1, 0.15) is 0 Å². The molecular weight excluding hydrogens is 338 g/mol. The molecule has 0 bridgehead atoms. The van der Waals surface area contributed by atoms with Crippen LogP contribution in [0.15, 0.2) is 54.6 Å². The zero-order valence-corrected chi connectivity index (χ0v) is 15.0. The van der Waals surface area contributed by atoms with Gasteiger partial charge in [0, 0.05) is 30.6 Å². The van der Waals surface area contributed by atoms with E-state index in [0.717, 1.165) is 54.8 Å². The highest BCUT2D eigenvalue weighted by molar-refractivity contribution is 5.94. The maximum absolute atomic E-state index is 6.14. The van der Waals surface area contributed by atoms with Gasteiger partial charge in [-0.15, -0.1) is 0 Å². The van der Waals surface area contributed by atoms with Gasteiger partial charge in [0.2, 0.25) is 5.95 Å². The van der Waals surface area contributed by atoms with Crippen molar-refractivity contribution in [3.63, 3.8) is 0 Å². The number of nitrogens with zero attached hydrogens (tertiary/aromatic N) is 4. The van der Waals surface area contributed by atoms with Crippen molar-refractivity contribution >= 4 is 28.1 Å². The molecule has 0 saturated carbocycles. The number of hydrogen-bond acceptors (Lipinski definition) is 5. The monoisotopic (exact) mass is 359 g/mol. The average molecular weight is 359 g/mol. The first-order chi connectivity index (χ1) is 13.3. The van der Waals surface area contributed by atoms with Crippen LogP contribution in [0, 0.1) is 0 Å². The molecule has 0 amide bonds. The highest BCUT2D eigenvalue weighted by Crippen LogP contribution is 2.26. The van der Waals surface area contributed by atoms with Crippen molar-refractivity contribution in [2.75, 3.05) is 36.9 Å². The molecule has 0 radical (unpaired) electrons. The average Bonchev–Trinajstić information content (AvgIpc) is 3.14. The molecule has 0 spiro atoms. The van der Waals surface area contributed by atoms with Crippen LogP contribution in [-0.4, -0.2) is 40.9 Å². The third kappa shape index (κ3) is 2.88. The number of rotatable bonds is 3. The van der Waals surface area contributed by atoms with Gasteiger partial charge in [-0.3, -0.25) is 0 Å². The lowest BCUT2D eigenvalue weighted by atomic mass is 10.1. The molecule has 6 nitrogen and oxygen atoms in total. The highest BCUT2D eigenvalue weighted by Gasteiger charge is 2.16. The maximum Gasteiger partial charge on any atom is 0.222 e. The molecule has 0 aliphatic carbocycles. The van der Waals surface area contributed by atoms with Crippen molar-refractivity contribution in [1.82, 2.24) is 14.6 Å². The smallest absolute Gasteiger partial charge is 0.222 e. The number of nitrogen functional groups attached to an aromatic ring is 1. The van der Waals surface area contributed by atoms with Gasteiger partial charge < -0.3 is 15.4 Å². The molecule has 6 heteroatoms. The van der Waals surface area contributed by atoms with E-state index in [1.54, 1.807) is 4.52 Å². The van der Waals surface area contributed by atoms with Crippen molar-refractivity contribution in [2.45, 2.75) is 6.42 Å². The topological polar surface area (TPSA) is 68.7 Å². The van der Waals surface area contributed by atoms with Crippen LogP contribution < -0.4 is 10.6 Å². The first-order valence-electron chi connectivity index (χ1n) is 9.23. The summed E-state index contributed by atoms with van der Waals surface area (Å²) in [6.07, 6.45) is 0.753. The number of aromatic nitrogens is 3. The van der Waals surface area contributed by atoms with Crippen LogP contribution in [-0.2, 0) is 11.2 Å². The van der Waals surface area contributed by atoms with Crippen molar-refractivity contribution in [3.05, 3.63) is 65.9 Å². The lowest BCUT2D eigenvalue weighted by Crippen LogP contribution is -2.36. The summed E-state index contributed by atoms with van der Waals surface area (Å²) in [7, 11) is 0. The minimum absolute atomic E-state index is 0.413. The quantitative estimate of drug-likeness (QED) is 0.609. The molecule has 136 valence electrons. The zero-order chi connectivity index (χ0) is 18.2. The molecular formula is C21H21N5O. The van der Waals surface area contributed by atoms with Gasteiger partial charge in [-0.25, -0.2) is 4.98 Å². The second kappa shape index (κ2) is 6.55. The SMILES string of the molecule is Nc1nc2ccccc2c2cc(Cc3ccccc3N3CCOCC3)nn12. The van der Waals surface area contributed by atoms with E-state index >= 15 is 0 Å². The first-order valence-corrected chi connectivity index (χ1v) is 9.23. The fourth-order valence-electron chi connectivity index (χ4n) is 3.81. The van der Waals surface area contributed by atoms with Crippen molar-refractivity contribution in [3.8, 4) is 0 Å². The largest absolute Gasteiger partial charge is 0.378 e. The summed E-state index contributed by atoms with van der Waals surface area (Å²) in [5.41, 5.74) is 11.5. The standard InChI is InChI=1S/C21H21N5O/c22-21-23-18-7-3-2-6-17(18)20-14-16(24-26(20)21)13-15-5-1-4-8-19(15)25-9-11-27-12-10-25/h1-8,14H,9-13H2,(H2,22,23). The van der Waals surface area contributed by atoms with E-state index in [1.807, 2.05) is 18.2 Å². The van der Waals surface area contributed by atoms with Gasteiger partial charge in [0.05, 0.1) is 29.9 Å². The molecule has 0 atom stereocenters. The number of benzene rings is 2. The van der Waals surface area contributed by atoms with Crippen LogP contribution in [0.25, 0.3) is 16.4 Å². The molecule has 1 aliphatic rings. The number of hydrogen-bond donors (Lipinski definition) is 1. The number of para-hydroxylation sites is 2. The van der Waals surface area contributed by atoms with Gasteiger partial charge in [-0.2, -0.15) is 9.61 Å². The summed E-state index contributed by atoms with van der Waals surface area (Å²) in [5, 5.41) is 5.79. The van der Waals surface area contributed by atoms with Crippen LogP contribution in [0.5, 0.6) is 0 Å². The normalized spacial score (nSPS) is 14.9. The summed E-state index contributed by atoms with van der Waals surface area (Å²) < 4.78 is 7.24. The Hall–Kier alpha value is -3.12. The van der Waals surface area contributed by atoms with Gasteiger partial charge in [0.25, 0.3) is 0 Å². The van der Waals surface area contributed by atoms with E-state index in [1.165, 1.54) is 11.3 Å². The molecule has 2 aromatic heterocycles. The van der Waals surface area contributed by atoms with E-state index in [9.17, 15) is 0 Å². The molecule has 2 aromatic carbocycles. The molecule has 1 saturated heterocycles. The van der Waals surface area contributed by atoms with E-state index in [2.05, 4.69) is 46.3 Å². The Morgan fingerprint density at radius 1 is 1.00 bits per heavy atom. The maximum atomic E-state index is 6.14. The molecule has 5 rings (SSSR count). The predicted molar refractivity (Wildman–Crippen MR) is 107 cm³/mol. The first kappa shape index (κ1) is 16.1. The summed E-state index contributed by atoms with van der Waals surface area (Å²) >= 11 is 0. The molecule has 1 aliphatic heterocycles. The summed E-state index contributed by atoms with van der Waals surface area (Å²) in [5.74, 6) is 0.413. The molecule has 2 N–H and O–H groups in total. The van der Waals surface area contributed by atoms with E-state index in [-0.39, 0.29) is 0 Å². The molecule has 1 fully saturated rings. The fraction of sp³-hybridized carbons (Fsp3) is 0.238. The summed E-state index contributed by atoms with van der Waals surface area (Å²) in [6.45, 7) is 3.39. The molecule has 0 unspecified atom stereocenters. The number of fused-ring (bicyclic) bond motifs is 3. The molecule has 27 heavy (non-hydrogen) atoms. The summed E-state index contributed by atoms with van der Waals surface area (Å²) in [4.78, 5) is 6.86. The minimum atomic E-state index is 0.413. The number of ether oxygens (including phenoxy) is 1. The third-order valence-electron chi connectivity index (χ3n) is 5.11. The Morgan fingerprint density at radius 3 is 2.67 bits per heavy atom. The van der Waals surface area contributed by atoms with Crippen molar-refractivity contribution in [1.29, 1.82) is 0 Å². The van der Waals surface area contributed by atoms with Gasteiger partial charge in [-0.05, 0) is 23.8 Å². The zero-order valence-electron chi connectivity index (χ0n) is 15.0. The van der Waals surface area contributed by atoms with Crippen LogP contribution in [0.2, 0.25) is 0 Å². The number of anilines is 2.